The summed E-state index contributed by atoms with van der Waals surface area (Å²) in [6, 6.07) is 6.33. The van der Waals surface area contributed by atoms with Crippen molar-refractivity contribution in [2.24, 2.45) is 0 Å². The van der Waals surface area contributed by atoms with E-state index in [4.69, 9.17) is 0 Å². The van der Waals surface area contributed by atoms with Gasteiger partial charge in [-0.25, -0.2) is 0 Å². The van der Waals surface area contributed by atoms with E-state index in [-0.39, 0.29) is 0 Å². The summed E-state index contributed by atoms with van der Waals surface area (Å²) in [5, 5.41) is 15.0. The molecule has 0 amide bonds. The van der Waals surface area contributed by atoms with Gasteiger partial charge >= 0.3 is 0 Å². The highest BCUT2D eigenvalue weighted by Crippen LogP contribution is 2.20. The Kier molecular flexibility index (Phi) is 5.12. The number of aliphatic hydroxyl groups excluding tert-OH is 1. The molecule has 0 spiro atoms. The van der Waals surface area contributed by atoms with Crippen LogP contribution < -0.4 is 0 Å². The summed E-state index contributed by atoms with van der Waals surface area (Å²) in [6.45, 7) is 8.25. The van der Waals surface area contributed by atoms with E-state index in [0.717, 1.165) is 35.5 Å². The van der Waals surface area contributed by atoms with Crippen LogP contribution in [0.1, 0.15) is 61.5 Å². The molecule has 1 unspecified atom stereocenters. The summed E-state index contributed by atoms with van der Waals surface area (Å²) in [7, 11) is 0. The van der Waals surface area contributed by atoms with Crippen LogP contribution in [-0.4, -0.2) is 19.9 Å². The minimum atomic E-state index is -0.532. The van der Waals surface area contributed by atoms with Gasteiger partial charge in [0.2, 0.25) is 0 Å². The number of rotatable bonds is 6. The third kappa shape index (κ3) is 3.91. The van der Waals surface area contributed by atoms with Crippen molar-refractivity contribution in [2.45, 2.75) is 59.1 Å². The van der Waals surface area contributed by atoms with Crippen molar-refractivity contribution in [3.05, 3.63) is 47.0 Å². The van der Waals surface area contributed by atoms with Crippen LogP contribution in [0.3, 0.4) is 0 Å². The van der Waals surface area contributed by atoms with E-state index in [1.54, 1.807) is 0 Å². The number of hydrogen-bond acceptors (Lipinski definition) is 3. The van der Waals surface area contributed by atoms with Crippen molar-refractivity contribution in [3.8, 4) is 0 Å². The van der Waals surface area contributed by atoms with Crippen LogP contribution in [-0.2, 0) is 6.42 Å². The lowest BCUT2D eigenvalue weighted by Gasteiger charge is -2.13. The number of aliphatic hydroxyl groups is 1. The molecule has 1 N–H and O–H groups in total. The van der Waals surface area contributed by atoms with Crippen molar-refractivity contribution in [3.63, 3.8) is 0 Å². The fourth-order valence-electron chi connectivity index (χ4n) is 2.73. The Morgan fingerprint density at radius 3 is 2.33 bits per heavy atom. The first-order valence-electron chi connectivity index (χ1n) is 7.70. The Morgan fingerprint density at radius 2 is 1.76 bits per heavy atom. The topological polar surface area (TPSA) is 50.9 Å². The highest BCUT2D eigenvalue weighted by molar-refractivity contribution is 5.23. The SMILES string of the molecule is CCC(CC)n1ccc(CC(O)c2cc(C)nc(C)c2)n1. The van der Waals surface area contributed by atoms with E-state index in [0.29, 0.717) is 12.5 Å². The molecule has 2 aromatic rings. The lowest BCUT2D eigenvalue weighted by atomic mass is 10.0. The molecule has 0 aliphatic heterocycles. The molecule has 0 aromatic carbocycles. The van der Waals surface area contributed by atoms with Gasteiger partial charge in [-0.15, -0.1) is 0 Å². The van der Waals surface area contributed by atoms with E-state index < -0.39 is 6.10 Å². The summed E-state index contributed by atoms with van der Waals surface area (Å²) in [5.41, 5.74) is 3.72. The summed E-state index contributed by atoms with van der Waals surface area (Å²) < 4.78 is 2.02. The van der Waals surface area contributed by atoms with Crippen LogP contribution in [0.25, 0.3) is 0 Å². The Morgan fingerprint density at radius 1 is 1.14 bits per heavy atom. The van der Waals surface area contributed by atoms with Crippen LogP contribution >= 0.6 is 0 Å². The standard InChI is InChI=1S/C17H25N3O/c1-5-16(6-2)20-8-7-15(19-20)11-17(21)14-9-12(3)18-13(4)10-14/h7-10,16-17,21H,5-6,11H2,1-4H3. The lowest BCUT2D eigenvalue weighted by molar-refractivity contribution is 0.176. The van der Waals surface area contributed by atoms with Crippen molar-refractivity contribution < 1.29 is 5.11 Å². The Bertz CT molecular complexity index is 567. The van der Waals surface area contributed by atoms with Crippen LogP contribution in [0.15, 0.2) is 24.4 Å². The second-order valence-electron chi connectivity index (χ2n) is 5.66. The fraction of sp³-hybridized carbons (Fsp3) is 0.529. The third-order valence-corrected chi connectivity index (χ3v) is 3.87. The van der Waals surface area contributed by atoms with Gasteiger partial charge in [0, 0.05) is 24.0 Å². The molecule has 2 rings (SSSR count). The van der Waals surface area contributed by atoms with Gasteiger partial charge in [0.05, 0.1) is 17.8 Å². The average Bonchev–Trinajstić information content (AvgIpc) is 2.87. The Balaban J connectivity index is 2.10. The van der Waals surface area contributed by atoms with E-state index >= 15 is 0 Å². The molecular formula is C17H25N3O. The highest BCUT2D eigenvalue weighted by Gasteiger charge is 2.13. The molecular weight excluding hydrogens is 262 g/mol. The van der Waals surface area contributed by atoms with Crippen molar-refractivity contribution in [1.82, 2.24) is 14.8 Å². The van der Waals surface area contributed by atoms with Crippen LogP contribution in [0.5, 0.6) is 0 Å². The number of aryl methyl sites for hydroxylation is 2. The smallest absolute Gasteiger partial charge is 0.0847 e. The zero-order valence-corrected chi connectivity index (χ0v) is 13.4. The maximum atomic E-state index is 10.4. The number of pyridine rings is 1. The third-order valence-electron chi connectivity index (χ3n) is 3.87. The van der Waals surface area contributed by atoms with Crippen LogP contribution in [0, 0.1) is 13.8 Å². The molecule has 2 aromatic heterocycles. The molecule has 0 aliphatic carbocycles. The first kappa shape index (κ1) is 15.7. The first-order chi connectivity index (χ1) is 10.0. The van der Waals surface area contributed by atoms with E-state index in [2.05, 4.69) is 23.9 Å². The quantitative estimate of drug-likeness (QED) is 0.884. The average molecular weight is 287 g/mol. The second-order valence-corrected chi connectivity index (χ2v) is 5.66. The van der Waals surface area contributed by atoms with Crippen LogP contribution in [0.2, 0.25) is 0 Å². The van der Waals surface area contributed by atoms with Gasteiger partial charge in [-0.05, 0) is 50.5 Å². The molecule has 0 aliphatic rings. The maximum absolute atomic E-state index is 10.4. The van der Waals surface area contributed by atoms with E-state index in [1.807, 2.05) is 42.9 Å². The fourth-order valence-corrected chi connectivity index (χ4v) is 2.73. The van der Waals surface area contributed by atoms with E-state index in [9.17, 15) is 5.11 Å². The van der Waals surface area contributed by atoms with Gasteiger partial charge in [-0.2, -0.15) is 5.10 Å². The lowest BCUT2D eigenvalue weighted by Crippen LogP contribution is -2.09. The van der Waals surface area contributed by atoms with Gasteiger partial charge in [0.15, 0.2) is 0 Å². The number of hydrogen-bond donors (Lipinski definition) is 1. The zero-order chi connectivity index (χ0) is 15.4. The Labute approximate surface area is 126 Å². The summed E-state index contributed by atoms with van der Waals surface area (Å²) >= 11 is 0. The predicted octanol–water partition coefficient (Wildman–Crippen LogP) is 3.53. The predicted molar refractivity (Wildman–Crippen MR) is 84.2 cm³/mol. The normalized spacial score (nSPS) is 12.9. The number of nitrogens with zero attached hydrogens (tertiary/aromatic N) is 3. The van der Waals surface area contributed by atoms with Crippen molar-refractivity contribution in [2.75, 3.05) is 0 Å². The molecule has 4 nitrogen and oxygen atoms in total. The molecule has 0 saturated carbocycles. The van der Waals surface area contributed by atoms with E-state index in [1.165, 1.54) is 0 Å². The molecule has 4 heteroatoms. The minimum Gasteiger partial charge on any atom is -0.388 e. The Hall–Kier alpha value is -1.68. The molecule has 0 fully saturated rings. The molecule has 0 bridgehead atoms. The monoisotopic (exact) mass is 287 g/mol. The van der Waals surface area contributed by atoms with Gasteiger partial charge in [0.25, 0.3) is 0 Å². The largest absolute Gasteiger partial charge is 0.388 e. The highest BCUT2D eigenvalue weighted by atomic mass is 16.3. The molecule has 21 heavy (non-hydrogen) atoms. The van der Waals surface area contributed by atoms with Crippen LogP contribution in [0.4, 0.5) is 0 Å². The number of aromatic nitrogens is 3. The second kappa shape index (κ2) is 6.85. The van der Waals surface area contributed by atoms with Crippen molar-refractivity contribution in [1.29, 1.82) is 0 Å². The van der Waals surface area contributed by atoms with Gasteiger partial charge < -0.3 is 5.11 Å². The molecule has 0 saturated heterocycles. The molecule has 2 heterocycles. The molecule has 0 radical (unpaired) electrons. The summed E-state index contributed by atoms with van der Waals surface area (Å²) in [5.74, 6) is 0. The first-order valence-corrected chi connectivity index (χ1v) is 7.70. The molecule has 1 atom stereocenters. The van der Waals surface area contributed by atoms with Gasteiger partial charge in [-0.1, -0.05) is 13.8 Å². The summed E-state index contributed by atoms with van der Waals surface area (Å²) in [4.78, 5) is 4.34. The van der Waals surface area contributed by atoms with Crippen molar-refractivity contribution >= 4 is 0 Å². The van der Waals surface area contributed by atoms with Gasteiger partial charge in [-0.3, -0.25) is 9.67 Å². The zero-order valence-electron chi connectivity index (χ0n) is 13.4. The van der Waals surface area contributed by atoms with Gasteiger partial charge in [0.1, 0.15) is 0 Å². The molecule has 114 valence electrons. The minimum absolute atomic E-state index is 0.446. The summed E-state index contributed by atoms with van der Waals surface area (Å²) in [6.07, 6.45) is 4.17. The maximum Gasteiger partial charge on any atom is 0.0847 e.